The zero-order valence-electron chi connectivity index (χ0n) is 12.4. The van der Waals surface area contributed by atoms with Crippen LogP contribution in [0.2, 0.25) is 0 Å². The van der Waals surface area contributed by atoms with E-state index in [1.165, 1.54) is 0 Å². The van der Waals surface area contributed by atoms with E-state index in [2.05, 4.69) is 30.1 Å². The molecule has 0 unspecified atom stereocenters. The summed E-state index contributed by atoms with van der Waals surface area (Å²) in [5.41, 5.74) is 0. The first-order valence-electron chi connectivity index (χ1n) is 6.83. The van der Waals surface area contributed by atoms with E-state index in [9.17, 15) is 0 Å². The number of aromatic nitrogens is 3. The molecule has 0 aromatic carbocycles. The van der Waals surface area contributed by atoms with Crippen LogP contribution in [0.4, 0.5) is 17.8 Å². The molecule has 8 nitrogen and oxygen atoms in total. The molecule has 0 bridgehead atoms. The number of nitrogens with zero attached hydrogens (tertiary/aromatic N) is 6. The third kappa shape index (κ3) is 3.45. The predicted octanol–water partition coefficient (Wildman–Crippen LogP) is -0.906. The Hall–Kier alpha value is -1.67. The molecule has 2 rings (SSSR count). The highest BCUT2D eigenvalue weighted by atomic mass is 16.3. The van der Waals surface area contributed by atoms with E-state index >= 15 is 0 Å². The fraction of sp³-hybridized carbons (Fsp3) is 0.750. The van der Waals surface area contributed by atoms with Gasteiger partial charge in [-0.2, -0.15) is 15.0 Å². The normalized spacial score (nSPS) is 16.3. The van der Waals surface area contributed by atoms with Crippen molar-refractivity contribution in [2.45, 2.75) is 0 Å². The molecule has 20 heavy (non-hydrogen) atoms. The van der Waals surface area contributed by atoms with Gasteiger partial charge in [-0.15, -0.1) is 0 Å². The van der Waals surface area contributed by atoms with Crippen molar-refractivity contribution in [1.29, 1.82) is 0 Å². The quantitative estimate of drug-likeness (QED) is 0.718. The second kappa shape index (κ2) is 6.67. The molecule has 0 aliphatic carbocycles. The first-order chi connectivity index (χ1) is 9.63. The summed E-state index contributed by atoms with van der Waals surface area (Å²) in [7, 11) is 5.63. The van der Waals surface area contributed by atoms with Crippen molar-refractivity contribution in [2.75, 3.05) is 75.6 Å². The van der Waals surface area contributed by atoms with Crippen LogP contribution in [-0.2, 0) is 0 Å². The van der Waals surface area contributed by atoms with Crippen LogP contribution in [0.5, 0.6) is 0 Å². The van der Waals surface area contributed by atoms with E-state index in [0.717, 1.165) is 32.7 Å². The molecule has 0 spiro atoms. The van der Waals surface area contributed by atoms with E-state index in [1.54, 1.807) is 7.05 Å². The molecule has 8 heteroatoms. The Morgan fingerprint density at radius 1 is 1.15 bits per heavy atom. The predicted molar refractivity (Wildman–Crippen MR) is 79.4 cm³/mol. The highest BCUT2D eigenvalue weighted by Crippen LogP contribution is 2.16. The minimum atomic E-state index is 0.209. The van der Waals surface area contributed by atoms with Crippen LogP contribution < -0.4 is 15.1 Å². The zero-order chi connectivity index (χ0) is 14.5. The Morgan fingerprint density at radius 2 is 1.85 bits per heavy atom. The molecule has 2 N–H and O–H groups in total. The van der Waals surface area contributed by atoms with Crippen LogP contribution >= 0.6 is 0 Å². The third-order valence-corrected chi connectivity index (χ3v) is 3.31. The summed E-state index contributed by atoms with van der Waals surface area (Å²) in [5.74, 6) is 1.94. The summed E-state index contributed by atoms with van der Waals surface area (Å²) < 4.78 is 0. The van der Waals surface area contributed by atoms with Gasteiger partial charge in [0.15, 0.2) is 0 Å². The Kier molecular flexibility index (Phi) is 4.91. The highest BCUT2D eigenvalue weighted by molar-refractivity contribution is 5.44. The van der Waals surface area contributed by atoms with Gasteiger partial charge < -0.3 is 20.2 Å². The van der Waals surface area contributed by atoms with Crippen molar-refractivity contribution < 1.29 is 5.11 Å². The molecule has 1 aliphatic heterocycles. The Morgan fingerprint density at radius 3 is 2.40 bits per heavy atom. The van der Waals surface area contributed by atoms with Crippen molar-refractivity contribution in [3.8, 4) is 0 Å². The number of aliphatic hydroxyl groups excluding tert-OH is 1. The van der Waals surface area contributed by atoms with E-state index in [0.29, 0.717) is 17.8 Å². The number of anilines is 3. The van der Waals surface area contributed by atoms with Crippen LogP contribution in [0, 0.1) is 0 Å². The molecule has 1 aliphatic rings. The smallest absolute Gasteiger partial charge is 0.232 e. The summed E-state index contributed by atoms with van der Waals surface area (Å²) in [6, 6.07) is 0. The van der Waals surface area contributed by atoms with Crippen LogP contribution in [0.15, 0.2) is 0 Å². The standard InChI is InChI=1S/C12H23N7O/c1-13-10-14-11(17(2)3)16-12(15-10)19-6-4-18(5-7-19)8-9-20/h20H,4-9H2,1-3H3,(H,13,14,15,16). The van der Waals surface area contributed by atoms with Gasteiger partial charge in [0.25, 0.3) is 0 Å². The number of nitrogens with one attached hydrogen (secondary N) is 1. The minimum absolute atomic E-state index is 0.209. The van der Waals surface area contributed by atoms with Crippen LogP contribution in [-0.4, -0.2) is 85.4 Å². The first-order valence-corrected chi connectivity index (χ1v) is 6.83. The number of piperazine rings is 1. The summed E-state index contributed by atoms with van der Waals surface area (Å²) in [6.45, 7) is 4.49. The highest BCUT2D eigenvalue weighted by Gasteiger charge is 2.20. The SMILES string of the molecule is CNc1nc(N(C)C)nc(N2CCN(CCO)CC2)n1. The molecule has 0 amide bonds. The summed E-state index contributed by atoms with van der Waals surface area (Å²) in [5, 5.41) is 11.9. The second-order valence-corrected chi connectivity index (χ2v) is 4.96. The Bertz CT molecular complexity index is 432. The second-order valence-electron chi connectivity index (χ2n) is 4.96. The molecular formula is C12H23N7O. The summed E-state index contributed by atoms with van der Waals surface area (Å²) in [4.78, 5) is 19.5. The molecule has 1 saturated heterocycles. The van der Waals surface area contributed by atoms with Crippen LogP contribution in [0.1, 0.15) is 0 Å². The van der Waals surface area contributed by atoms with Crippen LogP contribution in [0.3, 0.4) is 0 Å². The van der Waals surface area contributed by atoms with Gasteiger partial charge in [-0.25, -0.2) is 0 Å². The van der Waals surface area contributed by atoms with E-state index in [1.807, 2.05) is 19.0 Å². The summed E-state index contributed by atoms with van der Waals surface area (Å²) >= 11 is 0. The molecule has 1 aromatic rings. The summed E-state index contributed by atoms with van der Waals surface area (Å²) in [6.07, 6.45) is 0. The van der Waals surface area contributed by atoms with Gasteiger partial charge in [0.05, 0.1) is 6.61 Å². The molecule has 0 atom stereocenters. The molecule has 1 aromatic heterocycles. The lowest BCUT2D eigenvalue weighted by Crippen LogP contribution is -2.47. The lowest BCUT2D eigenvalue weighted by atomic mass is 10.3. The number of hydrogen-bond donors (Lipinski definition) is 2. The van der Waals surface area contributed by atoms with E-state index in [4.69, 9.17) is 5.11 Å². The van der Waals surface area contributed by atoms with Gasteiger partial charge >= 0.3 is 0 Å². The maximum atomic E-state index is 8.97. The van der Waals surface area contributed by atoms with Gasteiger partial charge in [-0.05, 0) is 0 Å². The van der Waals surface area contributed by atoms with Gasteiger partial charge in [0.2, 0.25) is 17.8 Å². The topological polar surface area (TPSA) is 80.7 Å². The molecule has 2 heterocycles. The van der Waals surface area contributed by atoms with Gasteiger partial charge in [0, 0.05) is 53.9 Å². The molecule has 112 valence electrons. The van der Waals surface area contributed by atoms with Gasteiger partial charge in [0.1, 0.15) is 0 Å². The maximum absolute atomic E-state index is 8.97. The van der Waals surface area contributed by atoms with Crippen molar-refractivity contribution >= 4 is 17.8 Å². The van der Waals surface area contributed by atoms with Crippen molar-refractivity contribution in [3.05, 3.63) is 0 Å². The Labute approximate surface area is 119 Å². The number of rotatable bonds is 5. The average molecular weight is 281 g/mol. The fourth-order valence-electron chi connectivity index (χ4n) is 2.12. The van der Waals surface area contributed by atoms with Crippen molar-refractivity contribution in [1.82, 2.24) is 19.9 Å². The number of hydrogen-bond acceptors (Lipinski definition) is 8. The monoisotopic (exact) mass is 281 g/mol. The molecule has 1 fully saturated rings. The van der Waals surface area contributed by atoms with Gasteiger partial charge in [-0.3, -0.25) is 4.90 Å². The third-order valence-electron chi connectivity index (χ3n) is 3.31. The largest absolute Gasteiger partial charge is 0.395 e. The molecule has 0 saturated carbocycles. The van der Waals surface area contributed by atoms with E-state index in [-0.39, 0.29) is 6.61 Å². The fourth-order valence-corrected chi connectivity index (χ4v) is 2.12. The minimum Gasteiger partial charge on any atom is -0.395 e. The van der Waals surface area contributed by atoms with E-state index < -0.39 is 0 Å². The lowest BCUT2D eigenvalue weighted by molar-refractivity contribution is 0.188. The first kappa shape index (κ1) is 14.7. The van der Waals surface area contributed by atoms with Crippen molar-refractivity contribution in [3.63, 3.8) is 0 Å². The van der Waals surface area contributed by atoms with Gasteiger partial charge in [-0.1, -0.05) is 0 Å². The lowest BCUT2D eigenvalue weighted by Gasteiger charge is -2.34. The molecular weight excluding hydrogens is 258 g/mol. The number of β-amino-alcohol motifs (C(OH)–C–C–N with tert-alkyl or cyclic N) is 1. The molecule has 0 radical (unpaired) electrons. The number of aliphatic hydroxyl groups is 1. The average Bonchev–Trinajstić information content (AvgIpc) is 2.47. The maximum Gasteiger partial charge on any atom is 0.232 e. The van der Waals surface area contributed by atoms with Crippen LogP contribution in [0.25, 0.3) is 0 Å². The van der Waals surface area contributed by atoms with Crippen molar-refractivity contribution in [2.24, 2.45) is 0 Å². The zero-order valence-corrected chi connectivity index (χ0v) is 12.4. The Balaban J connectivity index is 2.10.